The van der Waals surface area contributed by atoms with Crippen LogP contribution in [-0.2, 0) is 4.79 Å². The standard InChI is InChI=1S/C20H20FNO3/c1-3-4-5-14(2)20(23)25-17-9-7-16(8-10-17)24-19-11-6-15(13-22)12-18(19)21/h6-12,14H,3-5H2,1-2H3/t14-/m1/s1. The van der Waals surface area contributed by atoms with Crippen molar-refractivity contribution in [3.05, 3.63) is 53.8 Å². The Hall–Kier alpha value is -2.87. The highest BCUT2D eigenvalue weighted by Gasteiger charge is 2.15. The molecule has 130 valence electrons. The van der Waals surface area contributed by atoms with Gasteiger partial charge in [0, 0.05) is 0 Å². The Balaban J connectivity index is 1.98. The van der Waals surface area contributed by atoms with Crippen LogP contribution in [0, 0.1) is 23.1 Å². The van der Waals surface area contributed by atoms with Gasteiger partial charge in [-0.3, -0.25) is 4.79 Å². The van der Waals surface area contributed by atoms with Gasteiger partial charge in [-0.25, -0.2) is 4.39 Å². The number of nitriles is 1. The second kappa shape index (κ2) is 8.84. The smallest absolute Gasteiger partial charge is 0.314 e. The van der Waals surface area contributed by atoms with E-state index in [4.69, 9.17) is 14.7 Å². The molecule has 2 aromatic carbocycles. The van der Waals surface area contributed by atoms with E-state index in [-0.39, 0.29) is 23.2 Å². The molecule has 25 heavy (non-hydrogen) atoms. The first-order valence-corrected chi connectivity index (χ1v) is 8.22. The Morgan fingerprint density at radius 1 is 1.20 bits per heavy atom. The molecule has 2 rings (SSSR count). The molecule has 0 amide bonds. The van der Waals surface area contributed by atoms with E-state index in [9.17, 15) is 9.18 Å². The molecule has 0 unspecified atom stereocenters. The van der Waals surface area contributed by atoms with E-state index < -0.39 is 5.82 Å². The first kappa shape index (κ1) is 18.5. The predicted molar refractivity (Wildman–Crippen MR) is 92.0 cm³/mol. The molecule has 0 aliphatic rings. The SMILES string of the molecule is CCCC[C@@H](C)C(=O)Oc1ccc(Oc2ccc(C#N)cc2F)cc1. The first-order chi connectivity index (χ1) is 12.0. The van der Waals surface area contributed by atoms with Gasteiger partial charge in [-0.05, 0) is 48.9 Å². The number of nitrogens with zero attached hydrogens (tertiary/aromatic N) is 1. The first-order valence-electron chi connectivity index (χ1n) is 8.22. The van der Waals surface area contributed by atoms with Crippen LogP contribution in [0.4, 0.5) is 4.39 Å². The molecule has 0 radical (unpaired) electrons. The van der Waals surface area contributed by atoms with Gasteiger partial charge in [-0.1, -0.05) is 26.7 Å². The lowest BCUT2D eigenvalue weighted by Crippen LogP contribution is -2.17. The van der Waals surface area contributed by atoms with Crippen molar-refractivity contribution >= 4 is 5.97 Å². The second-order valence-corrected chi connectivity index (χ2v) is 5.79. The van der Waals surface area contributed by atoms with Gasteiger partial charge in [-0.2, -0.15) is 5.26 Å². The summed E-state index contributed by atoms with van der Waals surface area (Å²) in [6.45, 7) is 3.93. The Bertz CT molecular complexity index is 766. The zero-order valence-electron chi connectivity index (χ0n) is 14.3. The van der Waals surface area contributed by atoms with E-state index in [1.54, 1.807) is 24.3 Å². The highest BCUT2D eigenvalue weighted by atomic mass is 19.1. The van der Waals surface area contributed by atoms with Crippen molar-refractivity contribution in [1.82, 2.24) is 0 Å². The van der Waals surface area contributed by atoms with Crippen molar-refractivity contribution in [2.75, 3.05) is 0 Å². The number of carbonyl (C=O) groups is 1. The highest BCUT2D eigenvalue weighted by Crippen LogP contribution is 2.27. The molecule has 4 nitrogen and oxygen atoms in total. The third-order valence-electron chi connectivity index (χ3n) is 3.72. The monoisotopic (exact) mass is 341 g/mol. The summed E-state index contributed by atoms with van der Waals surface area (Å²) in [6.07, 6.45) is 2.82. The minimum absolute atomic E-state index is 0.0249. The molecule has 0 saturated heterocycles. The zero-order valence-corrected chi connectivity index (χ0v) is 14.3. The van der Waals surface area contributed by atoms with Crippen LogP contribution < -0.4 is 9.47 Å². The third kappa shape index (κ3) is 5.32. The highest BCUT2D eigenvalue weighted by molar-refractivity contribution is 5.74. The van der Waals surface area contributed by atoms with Crippen molar-refractivity contribution in [2.24, 2.45) is 5.92 Å². The van der Waals surface area contributed by atoms with E-state index in [0.29, 0.717) is 11.5 Å². The number of hydrogen-bond acceptors (Lipinski definition) is 4. The molecule has 0 bridgehead atoms. The van der Waals surface area contributed by atoms with Crippen LogP contribution in [0.1, 0.15) is 38.7 Å². The Morgan fingerprint density at radius 3 is 2.48 bits per heavy atom. The summed E-state index contributed by atoms with van der Waals surface area (Å²) < 4.78 is 24.6. The number of hydrogen-bond donors (Lipinski definition) is 0. The van der Waals surface area contributed by atoms with Crippen LogP contribution in [0.15, 0.2) is 42.5 Å². The lowest BCUT2D eigenvalue weighted by atomic mass is 10.1. The van der Waals surface area contributed by atoms with E-state index >= 15 is 0 Å². The lowest BCUT2D eigenvalue weighted by Gasteiger charge is -2.11. The van der Waals surface area contributed by atoms with Gasteiger partial charge in [0.2, 0.25) is 0 Å². The average molecular weight is 341 g/mol. The number of rotatable bonds is 7. The molecule has 0 spiro atoms. The minimum atomic E-state index is -0.612. The molecular weight excluding hydrogens is 321 g/mol. The predicted octanol–water partition coefficient (Wildman–Crippen LogP) is 5.22. The van der Waals surface area contributed by atoms with Crippen LogP contribution in [0.2, 0.25) is 0 Å². The molecule has 2 aromatic rings. The number of ether oxygens (including phenoxy) is 2. The topological polar surface area (TPSA) is 59.3 Å². The van der Waals surface area contributed by atoms with Crippen molar-refractivity contribution in [1.29, 1.82) is 5.26 Å². The van der Waals surface area contributed by atoms with Gasteiger partial charge in [-0.15, -0.1) is 0 Å². The second-order valence-electron chi connectivity index (χ2n) is 5.79. The molecule has 0 N–H and O–H groups in total. The molecule has 1 atom stereocenters. The fourth-order valence-electron chi connectivity index (χ4n) is 2.20. The normalized spacial score (nSPS) is 11.4. The molecule has 0 fully saturated rings. The maximum atomic E-state index is 13.8. The van der Waals surface area contributed by atoms with Gasteiger partial charge in [0.1, 0.15) is 11.5 Å². The van der Waals surface area contributed by atoms with Crippen LogP contribution in [0.25, 0.3) is 0 Å². The number of halogens is 1. The number of esters is 1. The molecule has 0 saturated carbocycles. The van der Waals surface area contributed by atoms with E-state index in [1.165, 1.54) is 12.1 Å². The zero-order chi connectivity index (χ0) is 18.2. The Morgan fingerprint density at radius 2 is 1.88 bits per heavy atom. The van der Waals surface area contributed by atoms with Crippen LogP contribution >= 0.6 is 0 Å². The largest absolute Gasteiger partial charge is 0.454 e. The number of carbonyl (C=O) groups excluding carboxylic acids is 1. The van der Waals surface area contributed by atoms with Gasteiger partial charge >= 0.3 is 5.97 Å². The van der Waals surface area contributed by atoms with Gasteiger partial charge in [0.15, 0.2) is 11.6 Å². The quantitative estimate of drug-likeness (QED) is 0.511. The summed E-state index contributed by atoms with van der Waals surface area (Å²) >= 11 is 0. The van der Waals surface area contributed by atoms with Gasteiger partial charge < -0.3 is 9.47 Å². The lowest BCUT2D eigenvalue weighted by molar-refractivity contribution is -0.138. The van der Waals surface area contributed by atoms with Gasteiger partial charge in [0.05, 0.1) is 17.6 Å². The molecular formula is C20H20FNO3. The summed E-state index contributed by atoms with van der Waals surface area (Å²) in [5.74, 6) is -0.177. The third-order valence-corrected chi connectivity index (χ3v) is 3.72. The van der Waals surface area contributed by atoms with E-state index in [2.05, 4.69) is 6.92 Å². The maximum absolute atomic E-state index is 13.8. The van der Waals surface area contributed by atoms with Crippen molar-refractivity contribution < 1.29 is 18.7 Å². The summed E-state index contributed by atoms with van der Waals surface area (Å²) in [7, 11) is 0. The van der Waals surface area contributed by atoms with Crippen molar-refractivity contribution in [2.45, 2.75) is 33.1 Å². The van der Waals surface area contributed by atoms with Crippen LogP contribution in [0.5, 0.6) is 17.2 Å². The van der Waals surface area contributed by atoms with E-state index in [0.717, 1.165) is 25.3 Å². The molecule has 0 heterocycles. The molecule has 0 aromatic heterocycles. The molecule has 5 heteroatoms. The van der Waals surface area contributed by atoms with Gasteiger partial charge in [0.25, 0.3) is 0 Å². The number of unbranched alkanes of at least 4 members (excludes halogenated alkanes) is 1. The number of benzene rings is 2. The van der Waals surface area contributed by atoms with Crippen LogP contribution in [-0.4, -0.2) is 5.97 Å². The van der Waals surface area contributed by atoms with Crippen LogP contribution in [0.3, 0.4) is 0 Å². The average Bonchev–Trinajstić information content (AvgIpc) is 2.62. The molecule has 0 aliphatic carbocycles. The summed E-state index contributed by atoms with van der Waals surface area (Å²) in [4.78, 5) is 12.0. The van der Waals surface area contributed by atoms with Crippen molar-refractivity contribution in [3.63, 3.8) is 0 Å². The summed E-state index contributed by atoms with van der Waals surface area (Å²) in [6, 6.07) is 12.2. The van der Waals surface area contributed by atoms with E-state index in [1.807, 2.05) is 13.0 Å². The fraction of sp³-hybridized carbons (Fsp3) is 0.300. The summed E-state index contributed by atoms with van der Waals surface area (Å²) in [5, 5.41) is 8.73. The Labute approximate surface area is 146 Å². The minimum Gasteiger partial charge on any atom is -0.454 e. The fourth-order valence-corrected chi connectivity index (χ4v) is 2.20. The maximum Gasteiger partial charge on any atom is 0.314 e. The molecule has 0 aliphatic heterocycles. The summed E-state index contributed by atoms with van der Waals surface area (Å²) in [5.41, 5.74) is 0.226. The Kier molecular flexibility index (Phi) is 6.53. The van der Waals surface area contributed by atoms with Crippen molar-refractivity contribution in [3.8, 4) is 23.3 Å².